The Balaban J connectivity index is 1.25. The summed E-state index contributed by atoms with van der Waals surface area (Å²) >= 11 is 3.12. The molecule has 6 nitrogen and oxygen atoms in total. The Bertz CT molecular complexity index is 1150. The van der Waals surface area contributed by atoms with E-state index < -0.39 is 5.97 Å². The number of aromatic nitrogens is 1. The Kier molecular flexibility index (Phi) is 8.31. The van der Waals surface area contributed by atoms with E-state index in [1.165, 1.54) is 17.8 Å². The average molecular weight is 500 g/mol. The van der Waals surface area contributed by atoms with Crippen LogP contribution in [0.2, 0.25) is 0 Å². The van der Waals surface area contributed by atoms with Gasteiger partial charge in [-0.05, 0) is 25.1 Å². The molecule has 1 aliphatic rings. The van der Waals surface area contributed by atoms with E-state index in [-0.39, 0.29) is 18.3 Å². The van der Waals surface area contributed by atoms with E-state index in [2.05, 4.69) is 9.88 Å². The number of rotatable bonds is 8. The first-order valence-electron chi connectivity index (χ1n) is 11.0. The van der Waals surface area contributed by atoms with Crippen molar-refractivity contribution in [2.45, 2.75) is 24.1 Å². The summed E-state index contributed by atoms with van der Waals surface area (Å²) in [6, 6.07) is 14.0. The second kappa shape index (κ2) is 11.6. The predicted molar refractivity (Wildman–Crippen MR) is 131 cm³/mol. The minimum Gasteiger partial charge on any atom is -0.452 e. The summed E-state index contributed by atoms with van der Waals surface area (Å²) < 4.78 is 19.2. The third-order valence-electron chi connectivity index (χ3n) is 5.55. The molecule has 2 aromatic carbocycles. The molecule has 0 spiro atoms. The van der Waals surface area contributed by atoms with Gasteiger partial charge in [-0.3, -0.25) is 9.69 Å². The first kappa shape index (κ1) is 24.4. The highest BCUT2D eigenvalue weighted by Crippen LogP contribution is 2.27. The Morgan fingerprint density at radius 2 is 1.82 bits per heavy atom. The van der Waals surface area contributed by atoms with Crippen molar-refractivity contribution in [3.05, 3.63) is 81.6 Å². The van der Waals surface area contributed by atoms with E-state index in [4.69, 9.17) is 4.74 Å². The molecule has 1 fully saturated rings. The van der Waals surface area contributed by atoms with E-state index in [1.807, 2.05) is 30.5 Å². The van der Waals surface area contributed by atoms with Gasteiger partial charge >= 0.3 is 5.97 Å². The Morgan fingerprint density at radius 1 is 1.09 bits per heavy atom. The molecule has 2 heterocycles. The molecule has 178 valence electrons. The number of amides is 1. The van der Waals surface area contributed by atoms with Gasteiger partial charge in [-0.25, -0.2) is 14.2 Å². The van der Waals surface area contributed by atoms with E-state index in [1.54, 1.807) is 40.5 Å². The lowest BCUT2D eigenvalue weighted by Gasteiger charge is -2.34. The number of esters is 1. The van der Waals surface area contributed by atoms with Crippen LogP contribution in [0, 0.1) is 12.7 Å². The number of carbonyl (C=O) groups is 2. The van der Waals surface area contributed by atoms with E-state index >= 15 is 0 Å². The van der Waals surface area contributed by atoms with Crippen LogP contribution < -0.4 is 0 Å². The average Bonchev–Trinajstić information content (AvgIpc) is 3.28. The molecule has 1 saturated heterocycles. The molecule has 0 N–H and O–H groups in total. The van der Waals surface area contributed by atoms with Crippen molar-refractivity contribution in [2.24, 2.45) is 0 Å². The van der Waals surface area contributed by atoms with Crippen molar-refractivity contribution in [2.75, 3.05) is 32.8 Å². The summed E-state index contributed by atoms with van der Waals surface area (Å²) in [6.07, 6.45) is 0. The second-order valence-corrected chi connectivity index (χ2v) is 10.0. The zero-order valence-electron chi connectivity index (χ0n) is 18.9. The summed E-state index contributed by atoms with van der Waals surface area (Å²) in [5.41, 5.74) is 2.07. The summed E-state index contributed by atoms with van der Waals surface area (Å²) in [7, 11) is 0. The fraction of sp³-hybridized carbons (Fsp3) is 0.320. The van der Waals surface area contributed by atoms with Crippen LogP contribution in [-0.2, 0) is 21.8 Å². The summed E-state index contributed by atoms with van der Waals surface area (Å²) in [5, 5.41) is 3.02. The number of benzene rings is 2. The Hall–Kier alpha value is -2.75. The summed E-state index contributed by atoms with van der Waals surface area (Å²) in [4.78, 5) is 34.4. The third-order valence-corrected chi connectivity index (χ3v) is 7.48. The van der Waals surface area contributed by atoms with Crippen molar-refractivity contribution >= 4 is 35.0 Å². The van der Waals surface area contributed by atoms with Crippen molar-refractivity contribution in [3.63, 3.8) is 0 Å². The number of halogens is 1. The lowest BCUT2D eigenvalue weighted by molar-refractivity contribution is -0.136. The topological polar surface area (TPSA) is 62.7 Å². The van der Waals surface area contributed by atoms with Gasteiger partial charge in [0.1, 0.15) is 5.82 Å². The van der Waals surface area contributed by atoms with Gasteiger partial charge in [0.05, 0.1) is 16.3 Å². The molecule has 3 aromatic rings. The number of aryl methyl sites for hydroxylation is 1. The number of piperazine rings is 1. The van der Waals surface area contributed by atoms with Crippen molar-refractivity contribution in [3.8, 4) is 0 Å². The molecule has 4 rings (SSSR count). The monoisotopic (exact) mass is 499 g/mol. The van der Waals surface area contributed by atoms with Crippen LogP contribution in [0.5, 0.6) is 0 Å². The molecule has 1 aliphatic heterocycles. The molecule has 0 saturated carbocycles. The van der Waals surface area contributed by atoms with Crippen LogP contribution in [0.25, 0.3) is 0 Å². The third kappa shape index (κ3) is 6.43. The number of carbonyl (C=O) groups excluding carboxylic acids is 2. The zero-order valence-corrected chi connectivity index (χ0v) is 20.5. The number of ether oxygens (including phenoxy) is 1. The number of thiazole rings is 1. The molecule has 0 radical (unpaired) electrons. The zero-order chi connectivity index (χ0) is 23.9. The van der Waals surface area contributed by atoms with E-state index in [0.29, 0.717) is 49.6 Å². The van der Waals surface area contributed by atoms with Gasteiger partial charge in [-0.2, -0.15) is 0 Å². The molecular weight excluding hydrogens is 473 g/mol. The molecule has 0 bridgehead atoms. The van der Waals surface area contributed by atoms with Crippen LogP contribution in [0.1, 0.15) is 26.6 Å². The van der Waals surface area contributed by atoms with Crippen LogP contribution >= 0.6 is 23.1 Å². The standard InChI is InChI=1S/C25H26FN3O3S2/c1-18-27-20(16-33-18)17-34-23-9-5-3-7-21(23)25(31)32-15-24(30)29-12-10-28(11-13-29)14-19-6-2-4-8-22(19)26/h2-9,16H,10-15,17H2,1H3. The maximum absolute atomic E-state index is 13.9. The molecular formula is C25H26FN3O3S2. The van der Waals surface area contributed by atoms with Gasteiger partial charge < -0.3 is 9.64 Å². The summed E-state index contributed by atoms with van der Waals surface area (Å²) in [5.74, 6) is -0.288. The van der Waals surface area contributed by atoms with Gasteiger partial charge in [-0.15, -0.1) is 23.1 Å². The van der Waals surface area contributed by atoms with Gasteiger partial charge in [0.25, 0.3) is 5.91 Å². The van der Waals surface area contributed by atoms with E-state index in [0.717, 1.165) is 15.6 Å². The molecule has 1 aromatic heterocycles. The fourth-order valence-corrected chi connectivity index (χ4v) is 5.36. The smallest absolute Gasteiger partial charge is 0.339 e. The van der Waals surface area contributed by atoms with Crippen LogP contribution in [-0.4, -0.2) is 59.4 Å². The van der Waals surface area contributed by atoms with Crippen molar-refractivity contribution in [1.29, 1.82) is 0 Å². The van der Waals surface area contributed by atoms with E-state index in [9.17, 15) is 14.0 Å². The fourth-order valence-electron chi connectivity index (χ4n) is 3.71. The van der Waals surface area contributed by atoms with Crippen molar-refractivity contribution in [1.82, 2.24) is 14.8 Å². The molecule has 0 unspecified atom stereocenters. The van der Waals surface area contributed by atoms with Gasteiger partial charge in [0.2, 0.25) is 0 Å². The first-order valence-corrected chi connectivity index (χ1v) is 12.9. The van der Waals surface area contributed by atoms with Gasteiger partial charge in [0, 0.05) is 54.3 Å². The highest BCUT2D eigenvalue weighted by Gasteiger charge is 2.23. The number of nitrogens with zero attached hydrogens (tertiary/aromatic N) is 3. The predicted octanol–water partition coefficient (Wildman–Crippen LogP) is 4.38. The lowest BCUT2D eigenvalue weighted by atomic mass is 10.2. The SMILES string of the molecule is Cc1nc(CSc2ccccc2C(=O)OCC(=O)N2CCN(Cc3ccccc3F)CC2)cs1. The van der Waals surface area contributed by atoms with Crippen LogP contribution in [0.4, 0.5) is 4.39 Å². The molecule has 0 atom stereocenters. The molecule has 0 aliphatic carbocycles. The first-order chi connectivity index (χ1) is 16.5. The number of thioether (sulfide) groups is 1. The minimum absolute atomic E-state index is 0.215. The quantitative estimate of drug-likeness (QED) is 0.339. The Labute approximate surface area is 206 Å². The second-order valence-electron chi connectivity index (χ2n) is 7.97. The van der Waals surface area contributed by atoms with Gasteiger partial charge in [0.15, 0.2) is 6.61 Å². The Morgan fingerprint density at radius 3 is 2.56 bits per heavy atom. The molecule has 34 heavy (non-hydrogen) atoms. The molecule has 9 heteroatoms. The lowest BCUT2D eigenvalue weighted by Crippen LogP contribution is -2.49. The maximum Gasteiger partial charge on any atom is 0.339 e. The van der Waals surface area contributed by atoms with Gasteiger partial charge in [-0.1, -0.05) is 30.3 Å². The highest BCUT2D eigenvalue weighted by molar-refractivity contribution is 7.98. The molecule has 1 amide bonds. The maximum atomic E-state index is 13.9. The van der Waals surface area contributed by atoms with Crippen LogP contribution in [0.3, 0.4) is 0 Å². The van der Waals surface area contributed by atoms with Crippen LogP contribution in [0.15, 0.2) is 58.8 Å². The van der Waals surface area contributed by atoms with Crippen molar-refractivity contribution < 1.29 is 18.7 Å². The summed E-state index contributed by atoms with van der Waals surface area (Å²) in [6.45, 7) is 4.50. The minimum atomic E-state index is -0.510. The number of hydrogen-bond acceptors (Lipinski definition) is 7. The highest BCUT2D eigenvalue weighted by atomic mass is 32.2. The largest absolute Gasteiger partial charge is 0.452 e. The normalized spacial score (nSPS) is 14.2. The number of hydrogen-bond donors (Lipinski definition) is 0.